The number of H-pyrrole nitrogens is 1. The van der Waals surface area contributed by atoms with Crippen LogP contribution in [0.5, 0.6) is 0 Å². The van der Waals surface area contributed by atoms with Crippen molar-refractivity contribution in [2.45, 2.75) is 31.7 Å². The molecule has 108 valence electrons. The van der Waals surface area contributed by atoms with E-state index >= 15 is 0 Å². The minimum absolute atomic E-state index is 0.321. The molecule has 0 saturated heterocycles. The molecule has 0 saturated carbocycles. The van der Waals surface area contributed by atoms with Gasteiger partial charge in [0.15, 0.2) is 0 Å². The maximum atomic E-state index is 12.2. The smallest absolute Gasteiger partial charge is 0.246 e. The van der Waals surface area contributed by atoms with Gasteiger partial charge in [-0.2, -0.15) is 0 Å². The summed E-state index contributed by atoms with van der Waals surface area (Å²) in [6.45, 7) is 5.10. The normalized spacial score (nSPS) is 13.3. The highest BCUT2D eigenvalue weighted by Gasteiger charge is 2.24. The molecule has 2 aromatic heterocycles. The number of nitrogens with zero attached hydrogens (tertiary/aromatic N) is 1. The number of aromatic amines is 1. The average molecular weight is 297 g/mol. The van der Waals surface area contributed by atoms with Crippen LogP contribution >= 0.6 is 0 Å². The third-order valence-electron chi connectivity index (χ3n) is 2.93. The van der Waals surface area contributed by atoms with Gasteiger partial charge in [-0.3, -0.25) is 4.79 Å². The maximum Gasteiger partial charge on any atom is 0.246 e. The van der Waals surface area contributed by atoms with E-state index in [4.69, 9.17) is 4.52 Å². The van der Waals surface area contributed by atoms with E-state index in [2.05, 4.69) is 14.9 Å². The molecule has 0 spiro atoms. The van der Waals surface area contributed by atoms with Gasteiger partial charge in [-0.25, -0.2) is 13.1 Å². The van der Waals surface area contributed by atoms with Crippen LogP contribution in [-0.2, 0) is 10.0 Å². The van der Waals surface area contributed by atoms with Crippen molar-refractivity contribution >= 4 is 10.0 Å². The van der Waals surface area contributed by atoms with Crippen LogP contribution in [0.15, 0.2) is 32.7 Å². The highest BCUT2D eigenvalue weighted by Crippen LogP contribution is 2.22. The lowest BCUT2D eigenvalue weighted by atomic mass is 10.1. The fraction of sp³-hybridized carbons (Fsp3) is 0.333. The molecule has 0 amide bonds. The molecule has 2 aromatic rings. The van der Waals surface area contributed by atoms with Crippen molar-refractivity contribution in [3.63, 3.8) is 0 Å². The van der Waals surface area contributed by atoms with Crippen molar-refractivity contribution in [2.75, 3.05) is 0 Å². The third-order valence-corrected chi connectivity index (χ3v) is 4.49. The molecule has 0 aliphatic rings. The molecule has 0 bridgehead atoms. The molecule has 7 nitrogen and oxygen atoms in total. The monoisotopic (exact) mass is 297 g/mol. The van der Waals surface area contributed by atoms with E-state index in [1.807, 2.05) is 0 Å². The summed E-state index contributed by atoms with van der Waals surface area (Å²) >= 11 is 0. The molecule has 0 aliphatic carbocycles. The Morgan fingerprint density at radius 2 is 2.10 bits per heavy atom. The lowest BCUT2D eigenvalue weighted by Crippen LogP contribution is -2.31. The first kappa shape index (κ1) is 14.5. The summed E-state index contributed by atoms with van der Waals surface area (Å²) in [4.78, 5) is 13.9. The Kier molecular flexibility index (Phi) is 3.78. The van der Waals surface area contributed by atoms with Crippen molar-refractivity contribution in [3.8, 4) is 0 Å². The van der Waals surface area contributed by atoms with Crippen LogP contribution in [0.3, 0.4) is 0 Å². The van der Waals surface area contributed by atoms with Crippen molar-refractivity contribution in [2.24, 2.45) is 0 Å². The molecule has 20 heavy (non-hydrogen) atoms. The van der Waals surface area contributed by atoms with Gasteiger partial charge in [0.05, 0.1) is 5.69 Å². The van der Waals surface area contributed by atoms with Crippen molar-refractivity contribution in [1.82, 2.24) is 14.9 Å². The first-order valence-corrected chi connectivity index (χ1v) is 7.43. The minimum Gasteiger partial charge on any atom is -0.366 e. The van der Waals surface area contributed by atoms with Gasteiger partial charge >= 0.3 is 0 Å². The summed E-state index contributed by atoms with van der Waals surface area (Å²) in [6, 6.07) is 0.612. The zero-order chi connectivity index (χ0) is 14.9. The highest BCUT2D eigenvalue weighted by molar-refractivity contribution is 7.89. The molecule has 2 rings (SSSR count). The molecule has 1 atom stereocenters. The molecule has 0 fully saturated rings. The van der Waals surface area contributed by atoms with Crippen LogP contribution in [0.1, 0.15) is 30.0 Å². The number of aromatic nitrogens is 2. The Bertz CT molecular complexity index is 756. The van der Waals surface area contributed by atoms with Gasteiger partial charge in [-0.1, -0.05) is 5.16 Å². The van der Waals surface area contributed by atoms with Gasteiger partial charge in [0.25, 0.3) is 0 Å². The second-order valence-electron chi connectivity index (χ2n) is 4.45. The summed E-state index contributed by atoms with van der Waals surface area (Å²) in [7, 11) is -3.91. The van der Waals surface area contributed by atoms with Crippen molar-refractivity contribution in [3.05, 3.63) is 45.7 Å². The second-order valence-corrected chi connectivity index (χ2v) is 6.14. The Morgan fingerprint density at radius 1 is 1.40 bits per heavy atom. The van der Waals surface area contributed by atoms with Gasteiger partial charge in [-0.15, -0.1) is 0 Å². The SMILES string of the molecule is Cc1noc(C)c1C(C)NS(=O)(=O)c1c[nH]ccc1=O. The van der Waals surface area contributed by atoms with Crippen LogP contribution in [0.2, 0.25) is 0 Å². The first-order valence-electron chi connectivity index (χ1n) is 5.95. The molecule has 2 heterocycles. The number of rotatable bonds is 4. The fourth-order valence-corrected chi connectivity index (χ4v) is 3.34. The molecule has 0 radical (unpaired) electrons. The van der Waals surface area contributed by atoms with Crippen LogP contribution in [-0.4, -0.2) is 18.6 Å². The van der Waals surface area contributed by atoms with E-state index in [9.17, 15) is 13.2 Å². The Balaban J connectivity index is 2.35. The summed E-state index contributed by atoms with van der Waals surface area (Å²) in [6.07, 6.45) is 2.53. The summed E-state index contributed by atoms with van der Waals surface area (Å²) in [5.41, 5.74) is 0.711. The van der Waals surface area contributed by atoms with Crippen molar-refractivity contribution < 1.29 is 12.9 Å². The number of hydrogen-bond acceptors (Lipinski definition) is 5. The summed E-state index contributed by atoms with van der Waals surface area (Å²) < 4.78 is 31.9. The Labute approximate surface area is 116 Å². The number of hydrogen-bond donors (Lipinski definition) is 2. The van der Waals surface area contributed by atoms with Gasteiger partial charge in [-0.05, 0) is 20.8 Å². The molecule has 2 N–H and O–H groups in total. The fourth-order valence-electron chi connectivity index (χ4n) is 2.07. The Hall–Kier alpha value is -1.93. The third kappa shape index (κ3) is 2.66. The van der Waals surface area contributed by atoms with E-state index in [1.54, 1.807) is 20.8 Å². The van der Waals surface area contributed by atoms with Gasteiger partial charge < -0.3 is 9.51 Å². The predicted molar refractivity (Wildman–Crippen MR) is 71.8 cm³/mol. The van der Waals surface area contributed by atoms with Crippen LogP contribution in [0.4, 0.5) is 0 Å². The molecule has 8 heteroatoms. The maximum absolute atomic E-state index is 12.2. The second kappa shape index (κ2) is 5.22. The van der Waals surface area contributed by atoms with Gasteiger partial charge in [0, 0.05) is 30.1 Å². The molecule has 1 unspecified atom stereocenters. The quantitative estimate of drug-likeness (QED) is 0.876. The standard InChI is InChI=1S/C12H15N3O4S/c1-7-12(9(3)19-14-7)8(2)15-20(17,18)11-6-13-5-4-10(11)16/h4-6,8,15H,1-3H3,(H,13,16). The van der Waals surface area contributed by atoms with E-state index in [0.717, 1.165) is 12.3 Å². The predicted octanol–water partition coefficient (Wildman–Crippen LogP) is 1.02. The molecule has 0 aliphatic heterocycles. The topological polar surface area (TPSA) is 105 Å². The van der Waals surface area contributed by atoms with Crippen LogP contribution < -0.4 is 10.2 Å². The highest BCUT2D eigenvalue weighted by atomic mass is 32.2. The van der Waals surface area contributed by atoms with Gasteiger partial charge in [0.1, 0.15) is 10.7 Å². The van der Waals surface area contributed by atoms with Crippen LogP contribution in [0, 0.1) is 13.8 Å². The van der Waals surface area contributed by atoms with E-state index in [1.165, 1.54) is 6.20 Å². The van der Waals surface area contributed by atoms with E-state index in [-0.39, 0.29) is 4.90 Å². The number of aryl methyl sites for hydroxylation is 2. The number of nitrogens with one attached hydrogen (secondary N) is 2. The van der Waals surface area contributed by atoms with Gasteiger partial charge in [0.2, 0.25) is 15.5 Å². The molecule has 0 aromatic carbocycles. The van der Waals surface area contributed by atoms with E-state index < -0.39 is 21.5 Å². The number of pyridine rings is 1. The lowest BCUT2D eigenvalue weighted by Gasteiger charge is -2.13. The lowest BCUT2D eigenvalue weighted by molar-refractivity contribution is 0.391. The average Bonchev–Trinajstić information content (AvgIpc) is 2.68. The first-order chi connectivity index (χ1) is 9.33. The molecular weight excluding hydrogens is 282 g/mol. The van der Waals surface area contributed by atoms with Crippen molar-refractivity contribution in [1.29, 1.82) is 0 Å². The summed E-state index contributed by atoms with van der Waals surface area (Å²) in [5.74, 6) is 0.541. The zero-order valence-electron chi connectivity index (χ0n) is 11.3. The molecular formula is C12H15N3O4S. The zero-order valence-corrected chi connectivity index (χ0v) is 12.1. The Morgan fingerprint density at radius 3 is 2.65 bits per heavy atom. The number of sulfonamides is 1. The van der Waals surface area contributed by atoms with Crippen LogP contribution in [0.25, 0.3) is 0 Å². The largest absolute Gasteiger partial charge is 0.366 e. The minimum atomic E-state index is -3.91. The summed E-state index contributed by atoms with van der Waals surface area (Å²) in [5, 5.41) is 3.78. The van der Waals surface area contributed by atoms with E-state index in [0.29, 0.717) is 17.0 Å².